The molecule has 1 aliphatic rings. The predicted molar refractivity (Wildman–Crippen MR) is 81.3 cm³/mol. The van der Waals surface area contributed by atoms with Gasteiger partial charge in [-0.05, 0) is 38.0 Å². The van der Waals surface area contributed by atoms with Gasteiger partial charge in [0.15, 0.2) is 0 Å². The second-order valence-corrected chi connectivity index (χ2v) is 5.72. The molecule has 2 heterocycles. The predicted octanol–water partition coefficient (Wildman–Crippen LogP) is 2.67. The molecular weight excluding hydrogens is 252 g/mol. The summed E-state index contributed by atoms with van der Waals surface area (Å²) in [5.74, 6) is 0. The largest absolute Gasteiger partial charge is 0.379 e. The van der Waals surface area contributed by atoms with E-state index < -0.39 is 0 Å². The molecule has 0 unspecified atom stereocenters. The van der Waals surface area contributed by atoms with Gasteiger partial charge in [0.1, 0.15) is 0 Å². The van der Waals surface area contributed by atoms with E-state index in [9.17, 15) is 4.79 Å². The summed E-state index contributed by atoms with van der Waals surface area (Å²) in [5, 5.41) is 0. The molecule has 4 heteroatoms. The van der Waals surface area contributed by atoms with E-state index in [1.54, 1.807) is 18.1 Å². The molecule has 0 saturated carbocycles. The minimum atomic E-state index is 0.0417. The van der Waals surface area contributed by atoms with Gasteiger partial charge in [-0.15, -0.1) is 0 Å². The molecular formula is C16H24N2O2. The highest BCUT2D eigenvalue weighted by molar-refractivity contribution is 5.51. The van der Waals surface area contributed by atoms with Gasteiger partial charge in [-0.2, -0.15) is 0 Å². The Morgan fingerprint density at radius 2 is 2.10 bits per heavy atom. The zero-order valence-corrected chi connectivity index (χ0v) is 12.8. The number of aromatic nitrogens is 1. The van der Waals surface area contributed by atoms with Crippen LogP contribution in [-0.2, 0) is 22.5 Å². The van der Waals surface area contributed by atoms with E-state index in [2.05, 4.69) is 11.6 Å². The van der Waals surface area contributed by atoms with Crippen molar-refractivity contribution in [3.8, 4) is 0 Å². The van der Waals surface area contributed by atoms with Gasteiger partial charge in [0, 0.05) is 38.5 Å². The van der Waals surface area contributed by atoms with Gasteiger partial charge in [-0.25, -0.2) is 0 Å². The minimum Gasteiger partial charge on any atom is -0.379 e. The highest BCUT2D eigenvalue weighted by atomic mass is 16.5. The molecule has 0 saturated heterocycles. The number of ether oxygens (including phenoxy) is 1. The highest BCUT2D eigenvalue weighted by Crippen LogP contribution is 2.17. The van der Waals surface area contributed by atoms with Gasteiger partial charge in [0.05, 0.1) is 5.60 Å². The number of pyridine rings is 1. The molecule has 20 heavy (non-hydrogen) atoms. The molecule has 0 radical (unpaired) electrons. The number of nitrogens with zero attached hydrogens (tertiary/aromatic N) is 2. The van der Waals surface area contributed by atoms with Gasteiger partial charge in [-0.1, -0.05) is 12.7 Å². The second kappa shape index (κ2) is 7.20. The fraction of sp³-hybridized carbons (Fsp3) is 0.500. The molecule has 1 aromatic heterocycles. The normalized spacial score (nSPS) is 13.9. The molecule has 2 rings (SSSR count). The van der Waals surface area contributed by atoms with Crippen LogP contribution < -0.4 is 0 Å². The second-order valence-electron chi connectivity index (χ2n) is 5.72. The van der Waals surface area contributed by atoms with Crippen LogP contribution in [0.3, 0.4) is 0 Å². The van der Waals surface area contributed by atoms with Crippen LogP contribution in [0.4, 0.5) is 0 Å². The Morgan fingerprint density at radius 3 is 2.60 bits per heavy atom. The van der Waals surface area contributed by atoms with Crippen LogP contribution in [-0.4, -0.2) is 35.5 Å². The summed E-state index contributed by atoms with van der Waals surface area (Å²) >= 11 is 0. The minimum absolute atomic E-state index is 0.0417. The Balaban J connectivity index is 0.000000286. The first-order chi connectivity index (χ1) is 9.39. The molecule has 0 aromatic carbocycles. The molecule has 0 N–H and O–H groups in total. The van der Waals surface area contributed by atoms with E-state index in [1.165, 1.54) is 0 Å². The number of rotatable bonds is 2. The van der Waals surface area contributed by atoms with Crippen LogP contribution >= 0.6 is 0 Å². The maximum absolute atomic E-state index is 10.6. The van der Waals surface area contributed by atoms with Gasteiger partial charge in [-0.3, -0.25) is 9.78 Å². The van der Waals surface area contributed by atoms with E-state index in [0.717, 1.165) is 36.2 Å². The molecule has 0 atom stereocenters. The smallest absolute Gasteiger partial charge is 0.210 e. The van der Waals surface area contributed by atoms with Crippen molar-refractivity contribution in [3.63, 3.8) is 0 Å². The van der Waals surface area contributed by atoms with Gasteiger partial charge < -0.3 is 9.64 Å². The summed E-state index contributed by atoms with van der Waals surface area (Å²) in [4.78, 5) is 16.7. The Labute approximate surface area is 121 Å². The van der Waals surface area contributed by atoms with Gasteiger partial charge in [0.25, 0.3) is 0 Å². The molecule has 1 aromatic rings. The first kappa shape index (κ1) is 16.4. The molecule has 1 amide bonds. The average Bonchev–Trinajstić information content (AvgIpc) is 2.45. The standard InChI is InChI=1S/C11H12N2O.C5H12O/c1-2-9-5-10-7-13(8-14)4-3-11(10)12-6-9;1-5(2,3)6-4/h2,5-6,8H,1,3-4,7H2;1-4H3. The number of hydrogen-bond acceptors (Lipinski definition) is 3. The molecule has 0 bridgehead atoms. The Morgan fingerprint density at radius 1 is 1.45 bits per heavy atom. The first-order valence-corrected chi connectivity index (χ1v) is 6.74. The van der Waals surface area contributed by atoms with Crippen molar-refractivity contribution < 1.29 is 9.53 Å². The van der Waals surface area contributed by atoms with E-state index in [-0.39, 0.29) is 5.60 Å². The SMILES string of the molecule is C=Cc1cnc2c(c1)CN(C=O)CC2.COC(C)(C)C. The lowest BCUT2D eigenvalue weighted by molar-refractivity contribution is -0.118. The quantitative estimate of drug-likeness (QED) is 0.780. The van der Waals surface area contributed by atoms with Crippen LogP contribution in [0.25, 0.3) is 6.08 Å². The van der Waals surface area contributed by atoms with E-state index in [1.807, 2.05) is 33.0 Å². The zero-order chi connectivity index (χ0) is 15.2. The lowest BCUT2D eigenvalue weighted by atomic mass is 10.0. The fourth-order valence-corrected chi connectivity index (χ4v) is 1.67. The summed E-state index contributed by atoms with van der Waals surface area (Å²) < 4.78 is 4.94. The van der Waals surface area contributed by atoms with Crippen molar-refractivity contribution in [3.05, 3.63) is 35.7 Å². The highest BCUT2D eigenvalue weighted by Gasteiger charge is 2.15. The third-order valence-electron chi connectivity index (χ3n) is 3.09. The van der Waals surface area contributed by atoms with Gasteiger partial charge >= 0.3 is 0 Å². The lowest BCUT2D eigenvalue weighted by Gasteiger charge is -2.24. The molecule has 110 valence electrons. The molecule has 0 spiro atoms. The third-order valence-corrected chi connectivity index (χ3v) is 3.09. The van der Waals surface area contributed by atoms with E-state index in [0.29, 0.717) is 6.54 Å². The number of carbonyl (C=O) groups is 1. The Kier molecular flexibility index (Phi) is 5.89. The zero-order valence-electron chi connectivity index (χ0n) is 12.8. The summed E-state index contributed by atoms with van der Waals surface area (Å²) in [6.07, 6.45) is 5.34. The van der Waals surface area contributed by atoms with Crippen molar-refractivity contribution in [1.29, 1.82) is 0 Å². The molecule has 0 fully saturated rings. The van der Waals surface area contributed by atoms with Crippen LogP contribution in [0, 0.1) is 0 Å². The number of amides is 1. The first-order valence-electron chi connectivity index (χ1n) is 6.74. The fourth-order valence-electron chi connectivity index (χ4n) is 1.67. The number of carbonyl (C=O) groups excluding carboxylic acids is 1. The summed E-state index contributed by atoms with van der Waals surface area (Å²) in [5.41, 5.74) is 3.30. The van der Waals surface area contributed by atoms with Crippen molar-refractivity contribution >= 4 is 12.5 Å². The van der Waals surface area contributed by atoms with Crippen molar-refractivity contribution in [2.75, 3.05) is 13.7 Å². The number of fused-ring (bicyclic) bond motifs is 1. The van der Waals surface area contributed by atoms with E-state index in [4.69, 9.17) is 4.74 Å². The van der Waals surface area contributed by atoms with Crippen LogP contribution in [0.2, 0.25) is 0 Å². The maximum Gasteiger partial charge on any atom is 0.210 e. The Bertz CT molecular complexity index is 464. The monoisotopic (exact) mass is 276 g/mol. The van der Waals surface area contributed by atoms with Crippen molar-refractivity contribution in [2.45, 2.75) is 39.3 Å². The molecule has 1 aliphatic heterocycles. The van der Waals surface area contributed by atoms with Crippen LogP contribution in [0.5, 0.6) is 0 Å². The summed E-state index contributed by atoms with van der Waals surface area (Å²) in [6, 6.07) is 2.05. The number of hydrogen-bond donors (Lipinski definition) is 0. The van der Waals surface area contributed by atoms with Crippen LogP contribution in [0.15, 0.2) is 18.8 Å². The van der Waals surface area contributed by atoms with Crippen molar-refractivity contribution in [2.24, 2.45) is 0 Å². The molecule has 0 aliphatic carbocycles. The van der Waals surface area contributed by atoms with E-state index >= 15 is 0 Å². The third kappa shape index (κ3) is 5.13. The van der Waals surface area contributed by atoms with Gasteiger partial charge in [0.2, 0.25) is 6.41 Å². The maximum atomic E-state index is 10.6. The van der Waals surface area contributed by atoms with Crippen LogP contribution in [0.1, 0.15) is 37.6 Å². The summed E-state index contributed by atoms with van der Waals surface area (Å²) in [6.45, 7) is 11.2. The Hall–Kier alpha value is -1.68. The summed E-state index contributed by atoms with van der Waals surface area (Å²) in [7, 11) is 1.71. The van der Waals surface area contributed by atoms with Crippen molar-refractivity contribution in [1.82, 2.24) is 9.88 Å². The lowest BCUT2D eigenvalue weighted by Crippen LogP contribution is -2.29. The number of methoxy groups -OCH3 is 1. The average molecular weight is 276 g/mol. The topological polar surface area (TPSA) is 42.4 Å². The molecule has 4 nitrogen and oxygen atoms in total.